The van der Waals surface area contributed by atoms with E-state index in [1.165, 1.54) is 315 Å². The second-order valence-electron chi connectivity index (χ2n) is 23.9. The van der Waals surface area contributed by atoms with Gasteiger partial charge in [-0.2, -0.15) is 0 Å². The average molecular weight is 1070 g/mol. The molecule has 0 spiro atoms. The van der Waals surface area contributed by atoms with E-state index in [1.54, 1.807) is 6.08 Å². The summed E-state index contributed by atoms with van der Waals surface area (Å²) in [6, 6.07) is -0.625. The van der Waals surface area contributed by atoms with Crippen LogP contribution >= 0.6 is 0 Å². The van der Waals surface area contributed by atoms with Gasteiger partial charge in [0.1, 0.15) is 0 Å². The molecule has 0 radical (unpaired) electrons. The van der Waals surface area contributed by atoms with E-state index < -0.39 is 12.1 Å². The Morgan fingerprint density at radius 1 is 0.355 bits per heavy atom. The average Bonchev–Trinajstić information content (AvgIpc) is 3.42. The zero-order valence-corrected chi connectivity index (χ0v) is 51.5. The van der Waals surface area contributed by atoms with Crippen LogP contribution in [0.15, 0.2) is 24.3 Å². The lowest BCUT2D eigenvalue weighted by atomic mass is 10.0. The first-order valence-electron chi connectivity index (χ1n) is 34.6. The van der Waals surface area contributed by atoms with Gasteiger partial charge in [-0.3, -0.25) is 9.59 Å². The molecule has 0 aromatic carbocycles. The Hall–Kier alpha value is -1.66. The molecular weight excluding hydrogens is 935 g/mol. The minimum absolute atomic E-state index is 0.00970. The highest BCUT2D eigenvalue weighted by atomic mass is 16.5. The van der Waals surface area contributed by atoms with Crippen molar-refractivity contribution in [1.29, 1.82) is 0 Å². The second-order valence-corrected chi connectivity index (χ2v) is 23.9. The van der Waals surface area contributed by atoms with E-state index in [0.29, 0.717) is 19.4 Å². The Kier molecular flexibility index (Phi) is 64.4. The standard InChI is InChI=1S/C70H135NO5/c1-3-5-7-9-11-13-15-17-18-19-32-35-39-42-46-50-54-58-62-68(73)67(66-72)71-69(74)63-59-55-51-47-43-40-36-33-30-28-26-24-22-20-21-23-25-27-29-31-34-37-41-45-49-53-57-61-65-76-70(75)64-60-56-52-48-44-38-16-14-12-10-8-6-4-2/h14,16,58,62,67-68,72-73H,3-13,15,17-57,59-61,63-66H2,1-2H3,(H,71,74)/b16-14-,62-58+. The molecule has 0 aliphatic heterocycles. The summed E-state index contributed by atoms with van der Waals surface area (Å²) in [5.41, 5.74) is 0. The molecule has 6 nitrogen and oxygen atoms in total. The number of rotatable bonds is 65. The lowest BCUT2D eigenvalue weighted by Crippen LogP contribution is -2.45. The van der Waals surface area contributed by atoms with Crippen LogP contribution in [0.3, 0.4) is 0 Å². The molecule has 0 aromatic heterocycles. The number of allylic oxidation sites excluding steroid dienone is 3. The van der Waals surface area contributed by atoms with Crippen molar-refractivity contribution in [3.8, 4) is 0 Å². The lowest BCUT2D eigenvalue weighted by molar-refractivity contribution is -0.143. The maximum absolute atomic E-state index is 12.5. The lowest BCUT2D eigenvalue weighted by Gasteiger charge is -2.20. The van der Waals surface area contributed by atoms with E-state index in [4.69, 9.17) is 4.74 Å². The van der Waals surface area contributed by atoms with Gasteiger partial charge in [0.2, 0.25) is 5.91 Å². The third-order valence-corrected chi connectivity index (χ3v) is 16.2. The van der Waals surface area contributed by atoms with E-state index >= 15 is 0 Å². The van der Waals surface area contributed by atoms with Gasteiger partial charge in [0.25, 0.3) is 0 Å². The Bertz CT molecular complexity index is 1190. The molecule has 3 N–H and O–H groups in total. The van der Waals surface area contributed by atoms with Crippen LogP contribution in [-0.2, 0) is 14.3 Å². The number of ether oxygens (including phenoxy) is 1. The predicted molar refractivity (Wildman–Crippen MR) is 333 cm³/mol. The SMILES string of the molecule is CCCCCC/C=C\CCCCCCCC(=O)OCCCCCCCCCCCCCCCCCCCCCCCCCCCCCCC(=O)NC(CO)C(O)/C=C/CCCCCCCCCCCCCCCCCC. The van der Waals surface area contributed by atoms with Crippen molar-refractivity contribution in [3.63, 3.8) is 0 Å². The number of nitrogens with one attached hydrogen (secondary N) is 1. The number of esters is 1. The molecule has 0 aromatic rings. The summed E-state index contributed by atoms with van der Waals surface area (Å²) in [5, 5.41) is 23.2. The van der Waals surface area contributed by atoms with Crippen molar-refractivity contribution >= 4 is 11.9 Å². The van der Waals surface area contributed by atoms with Gasteiger partial charge in [-0.1, -0.05) is 340 Å². The van der Waals surface area contributed by atoms with Gasteiger partial charge in [-0.25, -0.2) is 0 Å². The van der Waals surface area contributed by atoms with Gasteiger partial charge in [-0.15, -0.1) is 0 Å². The minimum atomic E-state index is -0.842. The number of hydrogen-bond donors (Lipinski definition) is 3. The largest absolute Gasteiger partial charge is 0.466 e. The number of aliphatic hydroxyl groups excluding tert-OH is 2. The van der Waals surface area contributed by atoms with E-state index in [9.17, 15) is 19.8 Å². The fourth-order valence-corrected chi connectivity index (χ4v) is 10.9. The van der Waals surface area contributed by atoms with Crippen LogP contribution in [-0.4, -0.2) is 47.4 Å². The molecule has 0 aliphatic carbocycles. The van der Waals surface area contributed by atoms with Crippen LogP contribution in [0, 0.1) is 0 Å². The molecule has 450 valence electrons. The molecule has 2 unspecified atom stereocenters. The summed E-state index contributed by atoms with van der Waals surface area (Å²) in [5.74, 6) is -0.0518. The van der Waals surface area contributed by atoms with Crippen LogP contribution in [0.4, 0.5) is 0 Å². The Labute approximate surface area is 475 Å². The normalized spacial score (nSPS) is 12.6. The molecule has 0 heterocycles. The molecular formula is C70H135NO5. The zero-order valence-electron chi connectivity index (χ0n) is 51.5. The van der Waals surface area contributed by atoms with Crippen LogP contribution in [0.25, 0.3) is 0 Å². The van der Waals surface area contributed by atoms with Crippen LogP contribution in [0.5, 0.6) is 0 Å². The van der Waals surface area contributed by atoms with Crippen molar-refractivity contribution in [2.45, 2.75) is 398 Å². The van der Waals surface area contributed by atoms with Gasteiger partial charge >= 0.3 is 5.97 Å². The molecule has 0 saturated carbocycles. The molecule has 0 saturated heterocycles. The molecule has 1 amide bonds. The van der Waals surface area contributed by atoms with E-state index in [2.05, 4.69) is 31.3 Å². The fraction of sp³-hybridized carbons (Fsp3) is 0.914. The van der Waals surface area contributed by atoms with Crippen LogP contribution in [0.2, 0.25) is 0 Å². The van der Waals surface area contributed by atoms with E-state index in [1.807, 2.05) is 6.08 Å². The summed E-state index contributed by atoms with van der Waals surface area (Å²) < 4.78 is 5.48. The Morgan fingerprint density at radius 2 is 0.618 bits per heavy atom. The van der Waals surface area contributed by atoms with Gasteiger partial charge in [0.05, 0.1) is 25.4 Å². The molecule has 6 heteroatoms. The quantitative estimate of drug-likeness (QED) is 0.0320. The van der Waals surface area contributed by atoms with Crippen LogP contribution < -0.4 is 5.32 Å². The van der Waals surface area contributed by atoms with Crippen molar-refractivity contribution in [2.75, 3.05) is 13.2 Å². The fourth-order valence-electron chi connectivity index (χ4n) is 10.9. The third-order valence-electron chi connectivity index (χ3n) is 16.2. The van der Waals surface area contributed by atoms with Gasteiger partial charge in [0.15, 0.2) is 0 Å². The van der Waals surface area contributed by atoms with E-state index in [0.717, 1.165) is 44.9 Å². The highest BCUT2D eigenvalue weighted by Gasteiger charge is 2.18. The molecule has 0 bridgehead atoms. The molecule has 0 aliphatic rings. The first-order valence-corrected chi connectivity index (χ1v) is 34.6. The summed E-state index contributed by atoms with van der Waals surface area (Å²) in [6.45, 7) is 4.92. The molecule has 76 heavy (non-hydrogen) atoms. The topological polar surface area (TPSA) is 95.9 Å². The zero-order chi connectivity index (χ0) is 55.0. The summed E-state index contributed by atoms with van der Waals surface area (Å²) >= 11 is 0. The minimum Gasteiger partial charge on any atom is -0.466 e. The molecule has 2 atom stereocenters. The number of hydrogen-bond acceptors (Lipinski definition) is 5. The van der Waals surface area contributed by atoms with Gasteiger partial charge in [0, 0.05) is 12.8 Å². The summed E-state index contributed by atoms with van der Waals surface area (Å²) in [7, 11) is 0. The van der Waals surface area contributed by atoms with Gasteiger partial charge in [-0.05, 0) is 57.8 Å². The highest BCUT2D eigenvalue weighted by molar-refractivity contribution is 5.76. The number of unbranched alkanes of at least 4 members (excludes halogenated alkanes) is 52. The highest BCUT2D eigenvalue weighted by Crippen LogP contribution is 2.19. The number of aliphatic hydroxyl groups is 2. The first kappa shape index (κ1) is 74.3. The van der Waals surface area contributed by atoms with E-state index in [-0.39, 0.29) is 18.5 Å². The Balaban J connectivity index is 3.37. The van der Waals surface area contributed by atoms with Crippen molar-refractivity contribution in [2.24, 2.45) is 0 Å². The Morgan fingerprint density at radius 3 is 0.947 bits per heavy atom. The third kappa shape index (κ3) is 61.6. The molecule has 0 rings (SSSR count). The second kappa shape index (κ2) is 65.9. The maximum atomic E-state index is 12.5. The van der Waals surface area contributed by atoms with Crippen LogP contribution in [0.1, 0.15) is 386 Å². The number of carbonyl (C=O) groups excluding carboxylic acids is 2. The summed E-state index contributed by atoms with van der Waals surface area (Å²) in [4.78, 5) is 24.5. The maximum Gasteiger partial charge on any atom is 0.305 e. The van der Waals surface area contributed by atoms with Crippen molar-refractivity contribution in [1.82, 2.24) is 5.32 Å². The first-order chi connectivity index (χ1) is 37.5. The van der Waals surface area contributed by atoms with Crippen molar-refractivity contribution < 1.29 is 24.5 Å². The smallest absolute Gasteiger partial charge is 0.305 e. The monoisotopic (exact) mass is 1070 g/mol. The van der Waals surface area contributed by atoms with Crippen molar-refractivity contribution in [3.05, 3.63) is 24.3 Å². The number of amides is 1. The predicted octanol–water partition coefficient (Wildman–Crippen LogP) is 22.1. The summed E-state index contributed by atoms with van der Waals surface area (Å²) in [6.07, 6.45) is 82.5. The molecule has 0 fully saturated rings. The van der Waals surface area contributed by atoms with Gasteiger partial charge < -0.3 is 20.3 Å². The number of carbonyl (C=O) groups is 2.